The molecular weight excluding hydrogens is 314 g/mol. The standard InChI is InChI=1S/C17H24BrNO/c1-17(2)9-4-3-8-15(17)16(20)19-12-14-7-5-6-13(10-14)11-18/h5-7,10,15H,3-4,8-9,11-12H2,1-2H3,(H,19,20). The second kappa shape index (κ2) is 6.75. The summed E-state index contributed by atoms with van der Waals surface area (Å²) in [5.74, 6) is 0.384. The van der Waals surface area contributed by atoms with E-state index in [0.717, 1.165) is 18.2 Å². The summed E-state index contributed by atoms with van der Waals surface area (Å²) in [5.41, 5.74) is 2.55. The van der Waals surface area contributed by atoms with Crippen molar-refractivity contribution in [2.45, 2.75) is 51.4 Å². The molecule has 1 atom stereocenters. The smallest absolute Gasteiger partial charge is 0.223 e. The van der Waals surface area contributed by atoms with Crippen molar-refractivity contribution < 1.29 is 4.79 Å². The van der Waals surface area contributed by atoms with Crippen molar-refractivity contribution >= 4 is 21.8 Å². The van der Waals surface area contributed by atoms with Gasteiger partial charge in [0.15, 0.2) is 0 Å². The van der Waals surface area contributed by atoms with Crippen LogP contribution in [-0.4, -0.2) is 5.91 Å². The maximum Gasteiger partial charge on any atom is 0.223 e. The molecular formula is C17H24BrNO. The van der Waals surface area contributed by atoms with Gasteiger partial charge >= 0.3 is 0 Å². The molecule has 1 fully saturated rings. The van der Waals surface area contributed by atoms with Crippen LogP contribution in [0.4, 0.5) is 0 Å². The van der Waals surface area contributed by atoms with Gasteiger partial charge in [-0.2, -0.15) is 0 Å². The van der Waals surface area contributed by atoms with E-state index in [0.29, 0.717) is 6.54 Å². The Morgan fingerprint density at radius 1 is 1.35 bits per heavy atom. The zero-order valence-corrected chi connectivity index (χ0v) is 14.0. The minimum atomic E-state index is 0.139. The molecule has 2 nitrogen and oxygen atoms in total. The molecule has 0 spiro atoms. The van der Waals surface area contributed by atoms with Crippen molar-refractivity contribution in [3.8, 4) is 0 Å². The number of amides is 1. The van der Waals surface area contributed by atoms with Crippen molar-refractivity contribution in [3.63, 3.8) is 0 Å². The lowest BCUT2D eigenvalue weighted by Gasteiger charge is -2.37. The molecule has 1 aromatic carbocycles. The Hall–Kier alpha value is -0.830. The lowest BCUT2D eigenvalue weighted by atomic mass is 9.68. The molecule has 110 valence electrons. The lowest BCUT2D eigenvalue weighted by Crippen LogP contribution is -2.40. The predicted molar refractivity (Wildman–Crippen MR) is 86.7 cm³/mol. The maximum atomic E-state index is 12.4. The third kappa shape index (κ3) is 3.85. The minimum absolute atomic E-state index is 0.139. The van der Waals surface area contributed by atoms with Gasteiger partial charge in [0.25, 0.3) is 0 Å². The average Bonchev–Trinajstić information content (AvgIpc) is 2.44. The number of nitrogens with one attached hydrogen (secondary N) is 1. The normalized spacial score (nSPS) is 21.4. The Balaban J connectivity index is 1.94. The van der Waals surface area contributed by atoms with Crippen LogP contribution < -0.4 is 5.32 Å². The molecule has 3 heteroatoms. The van der Waals surface area contributed by atoms with Crippen LogP contribution in [0.25, 0.3) is 0 Å². The van der Waals surface area contributed by atoms with E-state index in [9.17, 15) is 4.79 Å². The molecule has 0 bridgehead atoms. The number of halogens is 1. The van der Waals surface area contributed by atoms with Crippen LogP contribution in [0.15, 0.2) is 24.3 Å². The van der Waals surface area contributed by atoms with E-state index in [1.54, 1.807) is 0 Å². The molecule has 20 heavy (non-hydrogen) atoms. The Morgan fingerprint density at radius 3 is 2.80 bits per heavy atom. The van der Waals surface area contributed by atoms with E-state index in [2.05, 4.69) is 53.3 Å². The number of alkyl halides is 1. The number of hydrogen-bond acceptors (Lipinski definition) is 1. The van der Waals surface area contributed by atoms with Crippen LogP contribution in [0.3, 0.4) is 0 Å². The van der Waals surface area contributed by atoms with E-state index in [-0.39, 0.29) is 17.2 Å². The molecule has 1 aromatic rings. The van der Waals surface area contributed by atoms with Gasteiger partial charge < -0.3 is 5.32 Å². The second-order valence-electron chi connectivity index (χ2n) is 6.46. The Kier molecular flexibility index (Phi) is 5.25. The zero-order chi connectivity index (χ0) is 14.6. The summed E-state index contributed by atoms with van der Waals surface area (Å²) in [6.07, 6.45) is 4.62. The molecule has 0 aliphatic heterocycles. The molecule has 0 radical (unpaired) electrons. The Bertz CT molecular complexity index is 470. The predicted octanol–water partition coefficient (Wildman–Crippen LogP) is 4.41. The number of carbonyl (C=O) groups is 1. The van der Waals surface area contributed by atoms with E-state index >= 15 is 0 Å². The van der Waals surface area contributed by atoms with E-state index in [4.69, 9.17) is 0 Å². The topological polar surface area (TPSA) is 29.1 Å². The summed E-state index contributed by atoms with van der Waals surface area (Å²) >= 11 is 3.46. The molecule has 0 aromatic heterocycles. The monoisotopic (exact) mass is 337 g/mol. The molecule has 1 aliphatic carbocycles. The highest BCUT2D eigenvalue weighted by molar-refractivity contribution is 9.08. The maximum absolute atomic E-state index is 12.4. The summed E-state index contributed by atoms with van der Waals surface area (Å²) in [5, 5.41) is 3.97. The van der Waals surface area contributed by atoms with Crippen LogP contribution in [0.2, 0.25) is 0 Å². The molecule has 1 N–H and O–H groups in total. The highest BCUT2D eigenvalue weighted by Crippen LogP contribution is 2.40. The number of benzene rings is 1. The molecule has 1 amide bonds. The lowest BCUT2D eigenvalue weighted by molar-refractivity contribution is -0.130. The Labute approximate surface area is 130 Å². The summed E-state index contributed by atoms with van der Waals surface area (Å²) in [6.45, 7) is 5.08. The van der Waals surface area contributed by atoms with Gasteiger partial charge in [-0.05, 0) is 29.4 Å². The molecule has 0 heterocycles. The van der Waals surface area contributed by atoms with Crippen LogP contribution >= 0.6 is 15.9 Å². The highest BCUT2D eigenvalue weighted by Gasteiger charge is 2.36. The third-order valence-electron chi connectivity index (χ3n) is 4.44. The van der Waals surface area contributed by atoms with E-state index < -0.39 is 0 Å². The number of carbonyl (C=O) groups excluding carboxylic acids is 1. The second-order valence-corrected chi connectivity index (χ2v) is 7.02. The highest BCUT2D eigenvalue weighted by atomic mass is 79.9. The van der Waals surface area contributed by atoms with E-state index in [1.807, 2.05) is 6.07 Å². The van der Waals surface area contributed by atoms with Gasteiger partial charge in [-0.1, -0.05) is 66.9 Å². The molecule has 1 unspecified atom stereocenters. The first-order valence-corrected chi connectivity index (χ1v) is 8.56. The molecule has 0 saturated heterocycles. The van der Waals surface area contributed by atoms with Gasteiger partial charge in [0.1, 0.15) is 0 Å². The summed E-state index contributed by atoms with van der Waals surface area (Å²) in [4.78, 5) is 12.4. The average molecular weight is 338 g/mol. The quantitative estimate of drug-likeness (QED) is 0.810. The van der Waals surface area contributed by atoms with Gasteiger partial charge in [-0.25, -0.2) is 0 Å². The molecule has 1 aliphatic rings. The molecule has 1 saturated carbocycles. The first kappa shape index (κ1) is 15.6. The van der Waals surface area contributed by atoms with Crippen LogP contribution in [0.5, 0.6) is 0 Å². The Morgan fingerprint density at radius 2 is 2.10 bits per heavy atom. The van der Waals surface area contributed by atoms with Gasteiger partial charge in [0, 0.05) is 17.8 Å². The van der Waals surface area contributed by atoms with Crippen LogP contribution in [-0.2, 0) is 16.7 Å². The minimum Gasteiger partial charge on any atom is -0.352 e. The van der Waals surface area contributed by atoms with E-state index in [1.165, 1.54) is 24.0 Å². The first-order valence-electron chi connectivity index (χ1n) is 7.44. The van der Waals surface area contributed by atoms with Gasteiger partial charge in [0.2, 0.25) is 5.91 Å². The van der Waals surface area contributed by atoms with Crippen molar-refractivity contribution in [2.75, 3.05) is 0 Å². The van der Waals surface area contributed by atoms with Crippen LogP contribution in [0.1, 0.15) is 50.7 Å². The van der Waals surface area contributed by atoms with Crippen LogP contribution in [0, 0.1) is 11.3 Å². The van der Waals surface area contributed by atoms with Crippen molar-refractivity contribution in [1.82, 2.24) is 5.32 Å². The summed E-state index contributed by atoms with van der Waals surface area (Å²) in [6, 6.07) is 8.34. The SMILES string of the molecule is CC1(C)CCCCC1C(=O)NCc1cccc(CBr)c1. The van der Waals surface area contributed by atoms with Crippen molar-refractivity contribution in [3.05, 3.63) is 35.4 Å². The fourth-order valence-corrected chi connectivity index (χ4v) is 3.46. The summed E-state index contributed by atoms with van der Waals surface area (Å²) in [7, 11) is 0. The van der Waals surface area contributed by atoms with Crippen molar-refractivity contribution in [2.24, 2.45) is 11.3 Å². The molecule has 2 rings (SSSR count). The number of rotatable bonds is 4. The van der Waals surface area contributed by atoms with Gasteiger partial charge in [-0.15, -0.1) is 0 Å². The fourth-order valence-electron chi connectivity index (χ4n) is 3.12. The van der Waals surface area contributed by atoms with Gasteiger partial charge in [0.05, 0.1) is 0 Å². The first-order chi connectivity index (χ1) is 9.53. The summed E-state index contributed by atoms with van der Waals surface area (Å²) < 4.78 is 0. The third-order valence-corrected chi connectivity index (χ3v) is 5.08. The fraction of sp³-hybridized carbons (Fsp3) is 0.588. The van der Waals surface area contributed by atoms with Gasteiger partial charge in [-0.3, -0.25) is 4.79 Å². The van der Waals surface area contributed by atoms with Crippen molar-refractivity contribution in [1.29, 1.82) is 0 Å². The zero-order valence-electron chi connectivity index (χ0n) is 12.4. The number of hydrogen-bond donors (Lipinski definition) is 1. The largest absolute Gasteiger partial charge is 0.352 e.